The van der Waals surface area contributed by atoms with Gasteiger partial charge < -0.3 is 39.8 Å². The van der Waals surface area contributed by atoms with Gasteiger partial charge in [0.25, 0.3) is 0 Å². The van der Waals surface area contributed by atoms with E-state index in [1.54, 1.807) is 37.8 Å². The molecule has 57 heavy (non-hydrogen) atoms. The van der Waals surface area contributed by atoms with Crippen molar-refractivity contribution in [1.29, 1.82) is 0 Å². The zero-order valence-corrected chi connectivity index (χ0v) is 34.4. The van der Waals surface area contributed by atoms with Crippen LogP contribution in [0.3, 0.4) is 0 Å². The number of benzene rings is 3. The van der Waals surface area contributed by atoms with E-state index in [1.807, 2.05) is 80.6 Å². The van der Waals surface area contributed by atoms with E-state index in [9.17, 15) is 24.3 Å². The Morgan fingerprint density at radius 1 is 0.895 bits per heavy atom. The highest BCUT2D eigenvalue weighted by Gasteiger charge is 2.42. The Balaban J connectivity index is 1.17. The van der Waals surface area contributed by atoms with Crippen molar-refractivity contribution in [3.8, 4) is 11.1 Å². The molecule has 8 unspecified atom stereocenters. The first-order chi connectivity index (χ1) is 27.4. The summed E-state index contributed by atoms with van der Waals surface area (Å²) in [7, 11) is 4.76. The fourth-order valence-corrected chi connectivity index (χ4v) is 8.62. The second kappa shape index (κ2) is 20.1. The fraction of sp³-hybridized carbons (Fsp3) is 0.511. The fourth-order valence-electron chi connectivity index (χ4n) is 8.62. The lowest BCUT2D eigenvalue weighted by molar-refractivity contribution is -0.145. The van der Waals surface area contributed by atoms with Crippen LogP contribution in [0.4, 0.5) is 4.79 Å². The molecule has 4 amide bonds. The highest BCUT2D eigenvalue weighted by Crippen LogP contribution is 2.44. The summed E-state index contributed by atoms with van der Waals surface area (Å²) in [5.74, 6) is -1.52. The number of rotatable bonds is 18. The average molecular weight is 785 g/mol. The summed E-state index contributed by atoms with van der Waals surface area (Å²) in [6.45, 7) is 7.92. The maximum absolute atomic E-state index is 14.1. The first-order valence-corrected chi connectivity index (χ1v) is 20.1. The number of amides is 4. The summed E-state index contributed by atoms with van der Waals surface area (Å²) in [5.41, 5.74) is 5.16. The molecular weight excluding hydrogens is 725 g/mol. The summed E-state index contributed by atoms with van der Waals surface area (Å²) in [6.07, 6.45) is -0.650. The molecule has 1 aliphatic heterocycles. The zero-order valence-electron chi connectivity index (χ0n) is 34.4. The lowest BCUT2D eigenvalue weighted by Gasteiger charge is -2.39. The van der Waals surface area contributed by atoms with E-state index in [4.69, 9.17) is 14.2 Å². The molecule has 3 N–H and O–H groups in total. The third-order valence-electron chi connectivity index (χ3n) is 12.0. The number of carbonyl (C=O) groups excluding carboxylic acids is 4. The lowest BCUT2D eigenvalue weighted by atomic mass is 9.90. The van der Waals surface area contributed by atoms with Crippen LogP contribution in [0.15, 0.2) is 78.9 Å². The topological polar surface area (TPSA) is 147 Å². The maximum atomic E-state index is 14.1. The van der Waals surface area contributed by atoms with Crippen molar-refractivity contribution in [2.24, 2.45) is 11.8 Å². The van der Waals surface area contributed by atoms with E-state index < -0.39 is 42.4 Å². The lowest BCUT2D eigenvalue weighted by Crippen LogP contribution is -2.54. The summed E-state index contributed by atoms with van der Waals surface area (Å²) < 4.78 is 17.5. The van der Waals surface area contributed by atoms with E-state index >= 15 is 0 Å². The van der Waals surface area contributed by atoms with Crippen LogP contribution in [-0.2, 0) is 28.6 Å². The first-order valence-electron chi connectivity index (χ1n) is 20.1. The largest absolute Gasteiger partial charge is 0.449 e. The van der Waals surface area contributed by atoms with Crippen molar-refractivity contribution in [2.45, 2.75) is 95.7 Å². The van der Waals surface area contributed by atoms with E-state index in [-0.39, 0.29) is 55.2 Å². The van der Waals surface area contributed by atoms with Gasteiger partial charge in [0.15, 0.2) is 0 Å². The molecule has 0 radical (unpaired) electrons. The number of nitrogens with one attached hydrogen (secondary N) is 2. The number of hydrogen-bond acceptors (Lipinski definition) is 8. The number of methoxy groups -OCH3 is 2. The average Bonchev–Trinajstić information content (AvgIpc) is 3.85. The van der Waals surface area contributed by atoms with E-state index in [1.165, 1.54) is 7.11 Å². The number of carbonyl (C=O) groups is 4. The van der Waals surface area contributed by atoms with Crippen molar-refractivity contribution in [1.82, 2.24) is 20.4 Å². The molecular formula is C45H60N4O8. The summed E-state index contributed by atoms with van der Waals surface area (Å²) >= 11 is 0. The van der Waals surface area contributed by atoms with Gasteiger partial charge in [-0.15, -0.1) is 0 Å². The van der Waals surface area contributed by atoms with Crippen molar-refractivity contribution in [2.75, 3.05) is 41.0 Å². The molecule has 0 aromatic heterocycles. The van der Waals surface area contributed by atoms with Crippen molar-refractivity contribution in [3.05, 3.63) is 95.6 Å². The van der Waals surface area contributed by atoms with Crippen LogP contribution in [0.2, 0.25) is 0 Å². The normalized spacial score (nSPS) is 18.6. The molecule has 1 fully saturated rings. The van der Waals surface area contributed by atoms with Gasteiger partial charge in [0.2, 0.25) is 17.7 Å². The molecule has 1 heterocycles. The number of fused-ring (bicyclic) bond motifs is 3. The molecule has 2 aliphatic rings. The van der Waals surface area contributed by atoms with Crippen LogP contribution >= 0.6 is 0 Å². The molecule has 12 nitrogen and oxygen atoms in total. The number of hydrogen-bond donors (Lipinski definition) is 3. The van der Waals surface area contributed by atoms with E-state index in [0.29, 0.717) is 18.5 Å². The molecule has 12 heteroatoms. The predicted molar refractivity (Wildman–Crippen MR) is 218 cm³/mol. The van der Waals surface area contributed by atoms with Gasteiger partial charge in [-0.25, -0.2) is 4.79 Å². The standard InChI is InChI=1S/C45H60N4O8/c1-8-28(2)41(48(5)40(51)26-46-45(54)57-27-36-34-21-14-12-19-32(34)33-20-13-15-22-35(33)36)38(55-6)25-39(50)49-24-16-23-37(49)43(56-7)29(3)44(53)47-30(4)42(52)31-17-10-9-11-18-31/h9-15,17-22,28-30,36-38,41-43,52H,8,16,23-27H2,1-7H3,(H,46,54)(H,47,53). The Morgan fingerprint density at radius 2 is 1.51 bits per heavy atom. The number of likely N-dealkylation sites (N-methyl/N-ethyl adjacent to an activating group) is 1. The minimum absolute atomic E-state index is 0.0107. The third-order valence-corrected chi connectivity index (χ3v) is 12.0. The van der Waals surface area contributed by atoms with Crippen molar-refractivity contribution in [3.63, 3.8) is 0 Å². The van der Waals surface area contributed by atoms with Crippen molar-refractivity contribution < 1.29 is 38.5 Å². The Bertz CT molecular complexity index is 1780. The monoisotopic (exact) mass is 784 g/mol. The Labute approximate surface area is 337 Å². The van der Waals surface area contributed by atoms with Crippen LogP contribution in [0, 0.1) is 11.8 Å². The molecule has 1 saturated heterocycles. The molecule has 5 rings (SSSR count). The quantitative estimate of drug-likeness (QED) is 0.149. The number of ether oxygens (including phenoxy) is 3. The number of nitrogens with zero attached hydrogens (tertiary/aromatic N) is 2. The first kappa shape index (κ1) is 43.3. The highest BCUT2D eigenvalue weighted by molar-refractivity contribution is 5.83. The maximum Gasteiger partial charge on any atom is 0.407 e. The van der Waals surface area contributed by atoms with Gasteiger partial charge in [-0.3, -0.25) is 14.4 Å². The van der Waals surface area contributed by atoms with Crippen LogP contribution in [0.5, 0.6) is 0 Å². The van der Waals surface area contributed by atoms with Crippen molar-refractivity contribution >= 4 is 23.8 Å². The summed E-state index contributed by atoms with van der Waals surface area (Å²) in [4.78, 5) is 57.4. The number of likely N-dealkylation sites (tertiary alicyclic amines) is 1. The summed E-state index contributed by atoms with van der Waals surface area (Å²) in [6, 6.07) is 24.0. The second-order valence-electron chi connectivity index (χ2n) is 15.5. The van der Waals surface area contributed by atoms with E-state index in [0.717, 1.165) is 35.1 Å². The Kier molecular flexibility index (Phi) is 15.3. The van der Waals surface area contributed by atoms with E-state index in [2.05, 4.69) is 22.8 Å². The Hall–Kier alpha value is -4.78. The zero-order chi connectivity index (χ0) is 41.2. The number of aliphatic hydroxyl groups excluding tert-OH is 1. The van der Waals surface area contributed by atoms with Crippen LogP contribution in [-0.4, -0.2) is 110 Å². The van der Waals surface area contributed by atoms with Crippen LogP contribution < -0.4 is 10.6 Å². The minimum Gasteiger partial charge on any atom is -0.449 e. The molecule has 0 spiro atoms. The third kappa shape index (κ3) is 10.0. The molecule has 308 valence electrons. The van der Waals surface area contributed by atoms with Gasteiger partial charge in [-0.2, -0.15) is 0 Å². The molecule has 3 aromatic carbocycles. The second-order valence-corrected chi connectivity index (χ2v) is 15.5. The molecule has 8 atom stereocenters. The minimum atomic E-state index is -0.883. The highest BCUT2D eigenvalue weighted by atomic mass is 16.5. The molecule has 1 aliphatic carbocycles. The van der Waals surface area contributed by atoms with Gasteiger partial charge in [0.1, 0.15) is 13.2 Å². The van der Waals surface area contributed by atoms with Gasteiger partial charge in [0.05, 0.1) is 48.8 Å². The van der Waals surface area contributed by atoms with Gasteiger partial charge in [-0.05, 0) is 53.5 Å². The summed E-state index contributed by atoms with van der Waals surface area (Å²) in [5, 5.41) is 16.4. The number of alkyl carbamates (subject to hydrolysis) is 1. The smallest absolute Gasteiger partial charge is 0.407 e. The Morgan fingerprint density at radius 3 is 2.11 bits per heavy atom. The SMILES string of the molecule is CCC(C)C(C(CC(=O)N1CCCC1C(OC)C(C)C(=O)NC(C)C(O)c1ccccc1)OC)N(C)C(=O)CNC(=O)OCC1c2ccccc2-c2ccccc21. The van der Waals surface area contributed by atoms with Crippen LogP contribution in [0.1, 0.15) is 82.1 Å². The molecule has 3 aromatic rings. The van der Waals surface area contributed by atoms with Gasteiger partial charge in [-0.1, -0.05) is 106 Å². The van der Waals surface area contributed by atoms with Gasteiger partial charge >= 0.3 is 6.09 Å². The molecule has 0 bridgehead atoms. The number of aliphatic hydroxyl groups is 1. The predicted octanol–water partition coefficient (Wildman–Crippen LogP) is 5.68. The molecule has 0 saturated carbocycles. The van der Waals surface area contributed by atoms with Crippen LogP contribution in [0.25, 0.3) is 11.1 Å². The van der Waals surface area contributed by atoms with Gasteiger partial charge in [0, 0.05) is 33.7 Å².